The highest BCUT2D eigenvalue weighted by Gasteiger charge is 2.41. The fourth-order valence-electron chi connectivity index (χ4n) is 3.74. The summed E-state index contributed by atoms with van der Waals surface area (Å²) in [4.78, 5) is 0. The molecule has 110 valence electrons. The predicted molar refractivity (Wildman–Crippen MR) is 83.1 cm³/mol. The number of anilines is 1. The minimum absolute atomic E-state index is 0.0812. The number of methoxy groups -OCH3 is 1. The van der Waals surface area contributed by atoms with Crippen LogP contribution in [0.25, 0.3) is 0 Å². The highest BCUT2D eigenvalue weighted by Crippen LogP contribution is 2.47. The van der Waals surface area contributed by atoms with Gasteiger partial charge >= 0.3 is 0 Å². The topological polar surface area (TPSA) is 47.3 Å². The van der Waals surface area contributed by atoms with Crippen molar-refractivity contribution in [2.45, 2.75) is 44.1 Å². The molecule has 0 aromatic heterocycles. The summed E-state index contributed by atoms with van der Waals surface area (Å²) < 4.78 is 5.31. The number of benzene rings is 1. The maximum atomic E-state index is 6.15. The zero-order chi connectivity index (χ0) is 14.0. The number of hydrogen-bond donors (Lipinski definition) is 2. The summed E-state index contributed by atoms with van der Waals surface area (Å²) in [5.74, 6) is 2.76. The van der Waals surface area contributed by atoms with Crippen LogP contribution < -0.4 is 15.8 Å². The Labute approximate surface area is 121 Å². The van der Waals surface area contributed by atoms with Crippen LogP contribution in [0.15, 0.2) is 24.3 Å². The largest absolute Gasteiger partial charge is 0.497 e. The van der Waals surface area contributed by atoms with Crippen LogP contribution in [0.2, 0.25) is 0 Å². The van der Waals surface area contributed by atoms with Crippen LogP contribution in [0.3, 0.4) is 0 Å². The van der Waals surface area contributed by atoms with Gasteiger partial charge in [0.15, 0.2) is 0 Å². The van der Waals surface area contributed by atoms with Crippen molar-refractivity contribution in [3.8, 4) is 5.75 Å². The van der Waals surface area contributed by atoms with E-state index in [1.54, 1.807) is 7.11 Å². The van der Waals surface area contributed by atoms with Crippen LogP contribution in [0.1, 0.15) is 38.5 Å². The SMILES string of the molecule is COc1cccc(NC2(CN)CCCC(C3CC3)C2)c1. The van der Waals surface area contributed by atoms with Gasteiger partial charge in [-0.2, -0.15) is 0 Å². The van der Waals surface area contributed by atoms with Gasteiger partial charge in [-0.3, -0.25) is 0 Å². The lowest BCUT2D eigenvalue weighted by atomic mass is 9.73. The summed E-state index contributed by atoms with van der Waals surface area (Å²) in [5, 5.41) is 3.73. The van der Waals surface area contributed by atoms with Gasteiger partial charge in [0.25, 0.3) is 0 Å². The molecule has 0 radical (unpaired) electrons. The third kappa shape index (κ3) is 2.93. The van der Waals surface area contributed by atoms with E-state index in [1.165, 1.54) is 38.5 Å². The molecule has 2 aliphatic rings. The van der Waals surface area contributed by atoms with E-state index in [0.29, 0.717) is 6.54 Å². The zero-order valence-electron chi connectivity index (χ0n) is 12.4. The molecule has 0 heterocycles. The summed E-state index contributed by atoms with van der Waals surface area (Å²) >= 11 is 0. The van der Waals surface area contributed by atoms with E-state index in [1.807, 2.05) is 12.1 Å². The molecular weight excluding hydrogens is 248 g/mol. The van der Waals surface area contributed by atoms with Gasteiger partial charge in [-0.1, -0.05) is 18.9 Å². The average Bonchev–Trinajstić information content (AvgIpc) is 3.32. The van der Waals surface area contributed by atoms with Gasteiger partial charge in [-0.25, -0.2) is 0 Å². The first-order valence-corrected chi connectivity index (χ1v) is 7.87. The number of nitrogens with two attached hydrogens (primary N) is 1. The summed E-state index contributed by atoms with van der Waals surface area (Å²) in [6.45, 7) is 0.716. The number of ether oxygens (including phenoxy) is 1. The fourth-order valence-corrected chi connectivity index (χ4v) is 3.74. The van der Waals surface area contributed by atoms with Gasteiger partial charge in [0, 0.05) is 23.8 Å². The molecule has 1 aromatic rings. The molecule has 3 heteroatoms. The van der Waals surface area contributed by atoms with Gasteiger partial charge in [-0.05, 0) is 49.7 Å². The Balaban J connectivity index is 1.74. The summed E-state index contributed by atoms with van der Waals surface area (Å²) in [7, 11) is 1.71. The van der Waals surface area contributed by atoms with E-state index < -0.39 is 0 Å². The molecule has 1 aromatic carbocycles. The Kier molecular flexibility index (Phi) is 3.88. The standard InChI is InChI=1S/C17H26N2O/c1-20-16-6-2-5-15(10-16)19-17(12-18)9-3-4-14(11-17)13-7-8-13/h2,5-6,10,13-14,19H,3-4,7-9,11-12,18H2,1H3. The number of rotatable bonds is 5. The van der Waals surface area contributed by atoms with Crippen molar-refractivity contribution in [2.75, 3.05) is 19.0 Å². The molecular formula is C17H26N2O. The van der Waals surface area contributed by atoms with Crippen molar-refractivity contribution in [2.24, 2.45) is 17.6 Å². The lowest BCUT2D eigenvalue weighted by molar-refractivity contribution is 0.228. The van der Waals surface area contributed by atoms with Crippen LogP contribution in [-0.2, 0) is 0 Å². The Hall–Kier alpha value is -1.22. The molecule has 20 heavy (non-hydrogen) atoms. The van der Waals surface area contributed by atoms with E-state index in [0.717, 1.165) is 23.3 Å². The van der Waals surface area contributed by atoms with E-state index in [2.05, 4.69) is 17.4 Å². The second-order valence-corrected chi connectivity index (χ2v) is 6.54. The molecule has 2 unspecified atom stereocenters. The summed E-state index contributed by atoms with van der Waals surface area (Å²) in [6.07, 6.45) is 7.98. The Morgan fingerprint density at radius 3 is 2.85 bits per heavy atom. The summed E-state index contributed by atoms with van der Waals surface area (Å²) in [5.41, 5.74) is 7.36. The molecule has 0 amide bonds. The number of hydrogen-bond acceptors (Lipinski definition) is 3. The first-order valence-electron chi connectivity index (χ1n) is 7.87. The molecule has 3 nitrogen and oxygen atoms in total. The zero-order valence-corrected chi connectivity index (χ0v) is 12.4. The Morgan fingerprint density at radius 1 is 1.30 bits per heavy atom. The second kappa shape index (κ2) is 5.65. The fraction of sp³-hybridized carbons (Fsp3) is 0.647. The monoisotopic (exact) mass is 274 g/mol. The predicted octanol–water partition coefficient (Wildman–Crippen LogP) is 3.40. The molecule has 2 fully saturated rings. The molecule has 2 atom stereocenters. The highest BCUT2D eigenvalue weighted by molar-refractivity contribution is 5.50. The average molecular weight is 274 g/mol. The molecule has 0 aliphatic heterocycles. The maximum Gasteiger partial charge on any atom is 0.120 e. The van der Waals surface area contributed by atoms with Gasteiger partial charge in [0.2, 0.25) is 0 Å². The normalized spacial score (nSPS) is 30.0. The van der Waals surface area contributed by atoms with Gasteiger partial charge in [0.1, 0.15) is 5.75 Å². The van der Waals surface area contributed by atoms with Crippen molar-refractivity contribution >= 4 is 5.69 Å². The molecule has 2 saturated carbocycles. The van der Waals surface area contributed by atoms with Crippen molar-refractivity contribution in [3.63, 3.8) is 0 Å². The van der Waals surface area contributed by atoms with Crippen molar-refractivity contribution in [1.82, 2.24) is 0 Å². The van der Waals surface area contributed by atoms with E-state index in [4.69, 9.17) is 10.5 Å². The Bertz CT molecular complexity index is 458. The van der Waals surface area contributed by atoms with E-state index >= 15 is 0 Å². The second-order valence-electron chi connectivity index (χ2n) is 6.54. The van der Waals surface area contributed by atoms with Gasteiger partial charge in [-0.15, -0.1) is 0 Å². The van der Waals surface area contributed by atoms with Crippen molar-refractivity contribution in [1.29, 1.82) is 0 Å². The van der Waals surface area contributed by atoms with Gasteiger partial charge < -0.3 is 15.8 Å². The molecule has 3 N–H and O–H groups in total. The van der Waals surface area contributed by atoms with Crippen LogP contribution in [0, 0.1) is 11.8 Å². The minimum Gasteiger partial charge on any atom is -0.497 e. The van der Waals surface area contributed by atoms with Crippen LogP contribution in [0.5, 0.6) is 5.75 Å². The van der Waals surface area contributed by atoms with Crippen molar-refractivity contribution < 1.29 is 4.74 Å². The molecule has 0 saturated heterocycles. The molecule has 0 spiro atoms. The molecule has 3 rings (SSSR count). The van der Waals surface area contributed by atoms with Crippen molar-refractivity contribution in [3.05, 3.63) is 24.3 Å². The lowest BCUT2D eigenvalue weighted by Crippen LogP contribution is -2.49. The third-order valence-electron chi connectivity index (χ3n) is 5.04. The van der Waals surface area contributed by atoms with E-state index in [-0.39, 0.29) is 5.54 Å². The molecule has 2 aliphatic carbocycles. The Morgan fingerprint density at radius 2 is 2.15 bits per heavy atom. The maximum absolute atomic E-state index is 6.15. The van der Waals surface area contributed by atoms with Crippen LogP contribution >= 0.6 is 0 Å². The number of nitrogens with one attached hydrogen (secondary N) is 1. The minimum atomic E-state index is 0.0812. The van der Waals surface area contributed by atoms with E-state index in [9.17, 15) is 0 Å². The summed E-state index contributed by atoms with van der Waals surface area (Å²) in [6, 6.07) is 8.19. The first-order chi connectivity index (χ1) is 9.74. The highest BCUT2D eigenvalue weighted by atomic mass is 16.5. The first kappa shape index (κ1) is 13.7. The molecule has 0 bridgehead atoms. The van der Waals surface area contributed by atoms with Gasteiger partial charge in [0.05, 0.1) is 7.11 Å². The quantitative estimate of drug-likeness (QED) is 0.865. The van der Waals surface area contributed by atoms with Crippen LogP contribution in [0.4, 0.5) is 5.69 Å². The lowest BCUT2D eigenvalue weighted by Gasteiger charge is -2.42. The third-order valence-corrected chi connectivity index (χ3v) is 5.04. The van der Waals surface area contributed by atoms with Crippen LogP contribution in [-0.4, -0.2) is 19.2 Å². The smallest absolute Gasteiger partial charge is 0.120 e.